The number of Topliss-reactive ketones (excluding diaryl/α,β-unsaturated/α-hetero) is 1. The van der Waals surface area contributed by atoms with Crippen molar-refractivity contribution in [3.05, 3.63) is 40.4 Å². The summed E-state index contributed by atoms with van der Waals surface area (Å²) in [5, 5.41) is 3.02. The Labute approximate surface area is 219 Å². The molecule has 200 valence electrons. The third kappa shape index (κ3) is 4.91. The van der Waals surface area contributed by atoms with E-state index >= 15 is 0 Å². The molecule has 2 fully saturated rings. The van der Waals surface area contributed by atoms with Gasteiger partial charge in [-0.3, -0.25) is 29.2 Å². The molecule has 38 heavy (non-hydrogen) atoms. The number of fused-ring (bicyclic) bond motifs is 1. The van der Waals surface area contributed by atoms with Gasteiger partial charge in [0.15, 0.2) is 11.5 Å². The second kappa shape index (κ2) is 10.4. The van der Waals surface area contributed by atoms with Crippen LogP contribution in [-0.2, 0) is 11.3 Å². The minimum Gasteiger partial charge on any atom is -0.491 e. The molecule has 1 saturated heterocycles. The number of hydrogen-bond donors (Lipinski definition) is 2. The minimum absolute atomic E-state index is 0.0483. The monoisotopic (exact) mass is 521 g/mol. The highest BCUT2D eigenvalue weighted by molar-refractivity contribution is 6.03. The van der Waals surface area contributed by atoms with E-state index < -0.39 is 5.91 Å². The van der Waals surface area contributed by atoms with Gasteiger partial charge < -0.3 is 15.2 Å². The standard InChI is InChI=1S/C26H31N7O5/c1-3-33-23(36)18-4-5-19(38-11-10-32-8-6-26(7-9-32)12-17(34)13-26)21(37-2)20(18)30-25(33)31-22(35)16-14-28-24(27)29-15-16/h4-5,14-15H,3,6-13H2,1-2H3,(H2,27,28,29)(H,30,31,35). The number of carbonyl (C=O) groups excluding carboxylic acids is 2. The van der Waals surface area contributed by atoms with Gasteiger partial charge in [-0.2, -0.15) is 0 Å². The molecule has 3 aromatic rings. The summed E-state index contributed by atoms with van der Waals surface area (Å²) in [6, 6.07) is 3.37. The van der Waals surface area contributed by atoms with Crippen molar-refractivity contribution in [3.63, 3.8) is 0 Å². The summed E-state index contributed by atoms with van der Waals surface area (Å²) >= 11 is 0. The summed E-state index contributed by atoms with van der Waals surface area (Å²) in [5.74, 6) is 0.750. The predicted octanol–water partition coefficient (Wildman–Crippen LogP) is 1.87. The smallest absolute Gasteiger partial charge is 0.262 e. The van der Waals surface area contributed by atoms with E-state index in [1.807, 2.05) is 0 Å². The lowest BCUT2D eigenvalue weighted by Crippen LogP contribution is -2.48. The van der Waals surface area contributed by atoms with Gasteiger partial charge in [0.05, 0.1) is 18.1 Å². The van der Waals surface area contributed by atoms with Gasteiger partial charge in [0.2, 0.25) is 11.9 Å². The van der Waals surface area contributed by atoms with Gasteiger partial charge in [0.25, 0.3) is 11.5 Å². The Morgan fingerprint density at radius 3 is 2.50 bits per heavy atom. The van der Waals surface area contributed by atoms with Crippen LogP contribution in [0.3, 0.4) is 0 Å². The largest absolute Gasteiger partial charge is 0.491 e. The number of carbonyl (C=O) groups is 2. The van der Waals surface area contributed by atoms with E-state index in [2.05, 4.69) is 25.2 Å². The lowest BCUT2D eigenvalue weighted by molar-refractivity contribution is -0.135. The van der Waals surface area contributed by atoms with Crippen LogP contribution in [0.25, 0.3) is 10.9 Å². The molecule has 1 aliphatic heterocycles. The number of likely N-dealkylation sites (tertiary alicyclic amines) is 1. The molecule has 1 amide bonds. The van der Waals surface area contributed by atoms with E-state index in [1.54, 1.807) is 19.1 Å². The zero-order chi connectivity index (χ0) is 26.9. The summed E-state index contributed by atoms with van der Waals surface area (Å²) in [7, 11) is 1.49. The van der Waals surface area contributed by atoms with E-state index in [9.17, 15) is 14.4 Å². The van der Waals surface area contributed by atoms with Gasteiger partial charge >= 0.3 is 0 Å². The number of nitrogen functional groups attached to an aromatic ring is 1. The van der Waals surface area contributed by atoms with Crippen LogP contribution >= 0.6 is 0 Å². The number of methoxy groups -OCH3 is 1. The van der Waals surface area contributed by atoms with E-state index in [0.29, 0.717) is 35.8 Å². The second-order valence-electron chi connectivity index (χ2n) is 9.84. The van der Waals surface area contributed by atoms with Crippen LogP contribution in [0.1, 0.15) is 43.0 Å². The first-order valence-corrected chi connectivity index (χ1v) is 12.7. The average Bonchev–Trinajstić information content (AvgIpc) is 2.89. The lowest BCUT2D eigenvalue weighted by atomic mass is 9.62. The van der Waals surface area contributed by atoms with Crippen LogP contribution in [0.2, 0.25) is 0 Å². The van der Waals surface area contributed by atoms with Crippen molar-refractivity contribution in [2.45, 2.75) is 39.2 Å². The minimum atomic E-state index is -0.528. The molecule has 12 heteroatoms. The molecule has 2 aromatic heterocycles. The Morgan fingerprint density at radius 2 is 1.87 bits per heavy atom. The number of hydrogen-bond acceptors (Lipinski definition) is 10. The number of piperidine rings is 1. The zero-order valence-corrected chi connectivity index (χ0v) is 21.5. The van der Waals surface area contributed by atoms with Crippen LogP contribution in [-0.4, -0.2) is 69.5 Å². The number of ketones is 1. The van der Waals surface area contributed by atoms with Crippen LogP contribution in [0, 0.1) is 5.41 Å². The summed E-state index contributed by atoms with van der Waals surface area (Å²) < 4.78 is 13.1. The molecule has 1 saturated carbocycles. The second-order valence-corrected chi connectivity index (χ2v) is 9.84. The molecule has 2 aliphatic rings. The molecule has 3 N–H and O–H groups in total. The van der Waals surface area contributed by atoms with Crippen molar-refractivity contribution in [2.75, 3.05) is 44.4 Å². The Bertz CT molecular complexity index is 1420. The number of nitrogens with one attached hydrogen (secondary N) is 1. The molecule has 1 spiro atoms. The highest BCUT2D eigenvalue weighted by atomic mass is 16.5. The topological polar surface area (TPSA) is 155 Å². The molecular weight excluding hydrogens is 490 g/mol. The molecule has 0 radical (unpaired) electrons. The zero-order valence-electron chi connectivity index (χ0n) is 21.5. The van der Waals surface area contributed by atoms with Crippen LogP contribution < -0.4 is 26.1 Å². The fraction of sp³-hybridized carbons (Fsp3) is 0.462. The number of nitrogens with zero attached hydrogens (tertiary/aromatic N) is 5. The van der Waals surface area contributed by atoms with Gasteiger partial charge in [-0.25, -0.2) is 15.0 Å². The highest BCUT2D eigenvalue weighted by Gasteiger charge is 2.44. The molecule has 0 bridgehead atoms. The third-order valence-electron chi connectivity index (χ3n) is 7.45. The molecule has 0 unspecified atom stereocenters. The van der Waals surface area contributed by atoms with Crippen LogP contribution in [0.15, 0.2) is 29.3 Å². The van der Waals surface area contributed by atoms with Gasteiger partial charge in [0.1, 0.15) is 17.9 Å². The number of benzene rings is 1. The average molecular weight is 522 g/mol. The lowest BCUT2D eigenvalue weighted by Gasteiger charge is -2.46. The molecule has 12 nitrogen and oxygen atoms in total. The van der Waals surface area contributed by atoms with E-state index in [1.165, 1.54) is 24.1 Å². The Morgan fingerprint density at radius 1 is 1.16 bits per heavy atom. The number of anilines is 2. The highest BCUT2D eigenvalue weighted by Crippen LogP contribution is 2.46. The maximum atomic E-state index is 13.3. The molecular formula is C26H31N7O5. The maximum absolute atomic E-state index is 13.3. The van der Waals surface area contributed by atoms with Crippen molar-refractivity contribution in [1.82, 2.24) is 24.4 Å². The van der Waals surface area contributed by atoms with E-state index in [-0.39, 0.29) is 34.0 Å². The van der Waals surface area contributed by atoms with Crippen molar-refractivity contribution < 1.29 is 19.1 Å². The number of nitrogens with two attached hydrogens (primary N) is 1. The van der Waals surface area contributed by atoms with Crippen molar-refractivity contribution in [2.24, 2.45) is 5.41 Å². The fourth-order valence-electron chi connectivity index (χ4n) is 5.25. The van der Waals surface area contributed by atoms with E-state index in [0.717, 1.165) is 45.3 Å². The van der Waals surface area contributed by atoms with Gasteiger partial charge in [-0.1, -0.05) is 0 Å². The Kier molecular flexibility index (Phi) is 6.98. The molecule has 1 aliphatic carbocycles. The fourth-order valence-corrected chi connectivity index (χ4v) is 5.25. The molecule has 5 rings (SSSR count). The first kappa shape index (κ1) is 25.6. The predicted molar refractivity (Wildman–Crippen MR) is 140 cm³/mol. The van der Waals surface area contributed by atoms with Crippen molar-refractivity contribution in [1.29, 1.82) is 0 Å². The Hall–Kier alpha value is -4.06. The summed E-state index contributed by atoms with van der Waals surface area (Å²) in [6.45, 7) is 5.15. The van der Waals surface area contributed by atoms with E-state index in [4.69, 9.17) is 15.2 Å². The van der Waals surface area contributed by atoms with Gasteiger partial charge in [-0.15, -0.1) is 0 Å². The third-order valence-corrected chi connectivity index (χ3v) is 7.45. The van der Waals surface area contributed by atoms with Crippen LogP contribution in [0.5, 0.6) is 11.5 Å². The SMILES string of the molecule is CCn1c(NC(=O)c2cnc(N)nc2)nc2c(OC)c(OCCN3CCC4(CC3)CC(=O)C4)ccc2c1=O. The normalized spacial score (nSPS) is 16.8. The first-order chi connectivity index (χ1) is 18.3. The number of amides is 1. The summed E-state index contributed by atoms with van der Waals surface area (Å²) in [4.78, 5) is 52.1. The number of ether oxygens (including phenoxy) is 2. The molecule has 1 aromatic carbocycles. The maximum Gasteiger partial charge on any atom is 0.262 e. The molecule has 0 atom stereocenters. The van der Waals surface area contributed by atoms with Crippen molar-refractivity contribution in [3.8, 4) is 11.5 Å². The first-order valence-electron chi connectivity index (χ1n) is 12.7. The Balaban J connectivity index is 1.33. The summed E-state index contributed by atoms with van der Waals surface area (Å²) in [6.07, 6.45) is 6.15. The molecule has 3 heterocycles. The van der Waals surface area contributed by atoms with Gasteiger partial charge in [0, 0.05) is 38.3 Å². The summed E-state index contributed by atoms with van der Waals surface area (Å²) in [5.41, 5.74) is 5.89. The quantitative estimate of drug-likeness (QED) is 0.449. The number of rotatable bonds is 8. The van der Waals surface area contributed by atoms with Gasteiger partial charge in [-0.05, 0) is 50.4 Å². The number of aromatic nitrogens is 4. The van der Waals surface area contributed by atoms with Crippen molar-refractivity contribution >= 4 is 34.5 Å². The van der Waals surface area contributed by atoms with Crippen LogP contribution in [0.4, 0.5) is 11.9 Å².